The van der Waals surface area contributed by atoms with Crippen LogP contribution in [0.4, 0.5) is 13.2 Å². The van der Waals surface area contributed by atoms with Crippen LogP contribution in [-0.4, -0.2) is 31.9 Å². The standard InChI is InChI=1S/C3H5F3O3S.Na/c4-3(5,6)2(1-7)10(8)9;/h2,7H,1H2,(H,8,9);/q;+1/p-1. The number of aliphatic hydroxyl groups is 1. The molecule has 0 bridgehead atoms. The van der Waals surface area contributed by atoms with Gasteiger partial charge in [-0.2, -0.15) is 13.2 Å². The van der Waals surface area contributed by atoms with Gasteiger partial charge in [0.25, 0.3) is 0 Å². The third-order valence-corrected chi connectivity index (χ3v) is 1.64. The van der Waals surface area contributed by atoms with Crippen LogP contribution in [0, 0.1) is 0 Å². The SMILES string of the molecule is O=S([O-])C(CO)C(F)(F)F.[Na+]. The molecule has 11 heavy (non-hydrogen) atoms. The number of hydrogen-bond acceptors (Lipinski definition) is 3. The average Bonchev–Trinajstić information content (AvgIpc) is 1.60. The van der Waals surface area contributed by atoms with E-state index in [9.17, 15) is 21.9 Å². The van der Waals surface area contributed by atoms with E-state index in [1.807, 2.05) is 0 Å². The number of rotatable bonds is 2. The molecule has 0 amide bonds. The maximum atomic E-state index is 11.4. The van der Waals surface area contributed by atoms with Crippen LogP contribution in [0.15, 0.2) is 0 Å². The summed E-state index contributed by atoms with van der Waals surface area (Å²) in [5, 5.41) is 5.26. The summed E-state index contributed by atoms with van der Waals surface area (Å²) in [4.78, 5) is 0. The van der Waals surface area contributed by atoms with Crippen molar-refractivity contribution in [2.75, 3.05) is 6.61 Å². The van der Waals surface area contributed by atoms with Gasteiger partial charge in [0.2, 0.25) is 0 Å². The Bertz CT molecular complexity index is 138. The molecule has 0 rings (SSSR count). The minimum Gasteiger partial charge on any atom is -0.772 e. The summed E-state index contributed by atoms with van der Waals surface area (Å²) in [6.07, 6.45) is -4.87. The van der Waals surface area contributed by atoms with Gasteiger partial charge in [0.05, 0.1) is 6.61 Å². The van der Waals surface area contributed by atoms with E-state index in [-0.39, 0.29) is 29.6 Å². The summed E-state index contributed by atoms with van der Waals surface area (Å²) in [5.74, 6) is 0. The second-order valence-electron chi connectivity index (χ2n) is 1.47. The zero-order valence-corrected chi connectivity index (χ0v) is 8.41. The van der Waals surface area contributed by atoms with Crippen LogP contribution in [0.1, 0.15) is 0 Å². The molecule has 2 atom stereocenters. The van der Waals surface area contributed by atoms with Gasteiger partial charge in [0.1, 0.15) is 5.25 Å². The van der Waals surface area contributed by atoms with E-state index in [0.717, 1.165) is 0 Å². The third-order valence-electron chi connectivity index (χ3n) is 0.763. The van der Waals surface area contributed by atoms with Crippen LogP contribution < -0.4 is 29.6 Å². The molecule has 0 aromatic heterocycles. The largest absolute Gasteiger partial charge is 1.00 e. The zero-order chi connectivity index (χ0) is 8.36. The van der Waals surface area contributed by atoms with Gasteiger partial charge in [0, 0.05) is 0 Å². The van der Waals surface area contributed by atoms with Crippen molar-refractivity contribution in [1.29, 1.82) is 0 Å². The number of alkyl halides is 3. The van der Waals surface area contributed by atoms with Crippen LogP contribution in [0.3, 0.4) is 0 Å². The molecule has 0 saturated carbocycles. The zero-order valence-electron chi connectivity index (χ0n) is 5.59. The minimum atomic E-state index is -4.87. The van der Waals surface area contributed by atoms with Crippen LogP contribution in [0.25, 0.3) is 0 Å². The van der Waals surface area contributed by atoms with Gasteiger partial charge in [0.15, 0.2) is 0 Å². The molecule has 0 aliphatic rings. The van der Waals surface area contributed by atoms with Gasteiger partial charge >= 0.3 is 35.7 Å². The van der Waals surface area contributed by atoms with Gasteiger partial charge in [-0.3, -0.25) is 4.21 Å². The van der Waals surface area contributed by atoms with E-state index in [4.69, 9.17) is 5.11 Å². The molecule has 0 fully saturated rings. The molecule has 0 saturated heterocycles. The molecule has 0 aliphatic carbocycles. The molecule has 0 aliphatic heterocycles. The van der Waals surface area contributed by atoms with E-state index in [1.54, 1.807) is 0 Å². The smallest absolute Gasteiger partial charge is 0.772 e. The van der Waals surface area contributed by atoms with Crippen LogP contribution in [-0.2, 0) is 11.1 Å². The van der Waals surface area contributed by atoms with Gasteiger partial charge in [-0.05, 0) is 11.1 Å². The molecular weight excluding hydrogens is 196 g/mol. The summed E-state index contributed by atoms with van der Waals surface area (Å²) >= 11 is -3.30. The van der Waals surface area contributed by atoms with Crippen molar-refractivity contribution in [1.82, 2.24) is 0 Å². The van der Waals surface area contributed by atoms with Crippen LogP contribution >= 0.6 is 0 Å². The van der Waals surface area contributed by atoms with Crippen molar-refractivity contribution in [3.05, 3.63) is 0 Å². The molecule has 0 aromatic carbocycles. The normalized spacial score (nSPS) is 16.8. The number of aliphatic hydroxyl groups excluding tert-OH is 1. The quantitative estimate of drug-likeness (QED) is 0.377. The molecule has 2 unspecified atom stereocenters. The summed E-state index contributed by atoms with van der Waals surface area (Å²) in [7, 11) is 0. The first kappa shape index (κ1) is 14.4. The fraction of sp³-hybridized carbons (Fsp3) is 1.00. The van der Waals surface area contributed by atoms with Gasteiger partial charge in [-0.25, -0.2) is 0 Å². The molecule has 3 nitrogen and oxygen atoms in total. The first-order chi connectivity index (χ1) is 4.39. The predicted molar refractivity (Wildman–Crippen MR) is 25.8 cm³/mol. The molecule has 0 spiro atoms. The van der Waals surface area contributed by atoms with Crippen LogP contribution in [0.2, 0.25) is 0 Å². The average molecular weight is 200 g/mol. The van der Waals surface area contributed by atoms with Crippen LogP contribution in [0.5, 0.6) is 0 Å². The molecule has 0 radical (unpaired) electrons. The van der Waals surface area contributed by atoms with E-state index >= 15 is 0 Å². The van der Waals surface area contributed by atoms with Crippen molar-refractivity contribution in [3.63, 3.8) is 0 Å². The van der Waals surface area contributed by atoms with E-state index in [1.165, 1.54) is 0 Å². The Morgan fingerprint density at radius 2 is 1.91 bits per heavy atom. The van der Waals surface area contributed by atoms with E-state index in [0.29, 0.717) is 0 Å². The Morgan fingerprint density at radius 3 is 1.91 bits per heavy atom. The Balaban J connectivity index is 0. The summed E-state index contributed by atoms with van der Waals surface area (Å²) in [5.41, 5.74) is 0. The molecule has 8 heteroatoms. The second kappa shape index (κ2) is 5.50. The number of hydrogen-bond donors (Lipinski definition) is 1. The predicted octanol–water partition coefficient (Wildman–Crippen LogP) is -3.21. The summed E-state index contributed by atoms with van der Waals surface area (Å²) < 4.78 is 53.6. The molecular formula is C3H4F3NaO3S. The summed E-state index contributed by atoms with van der Waals surface area (Å²) in [6.45, 7) is -1.43. The molecule has 0 aromatic rings. The monoisotopic (exact) mass is 200 g/mol. The molecule has 62 valence electrons. The first-order valence-corrected chi connectivity index (χ1v) is 3.29. The first-order valence-electron chi connectivity index (χ1n) is 2.15. The summed E-state index contributed by atoms with van der Waals surface area (Å²) in [6, 6.07) is 0. The molecule has 1 N–H and O–H groups in total. The number of halogens is 3. The van der Waals surface area contributed by atoms with Crippen molar-refractivity contribution in [2.45, 2.75) is 11.4 Å². The van der Waals surface area contributed by atoms with Crippen molar-refractivity contribution >= 4 is 11.1 Å². The minimum absolute atomic E-state index is 0. The topological polar surface area (TPSA) is 60.4 Å². The van der Waals surface area contributed by atoms with Gasteiger partial charge in [-0.15, -0.1) is 0 Å². The van der Waals surface area contributed by atoms with E-state index in [2.05, 4.69) is 0 Å². The van der Waals surface area contributed by atoms with Crippen molar-refractivity contribution < 1.29 is 56.6 Å². The van der Waals surface area contributed by atoms with Crippen molar-refractivity contribution in [2.24, 2.45) is 0 Å². The Morgan fingerprint density at radius 1 is 1.55 bits per heavy atom. The fourth-order valence-electron chi connectivity index (χ4n) is 0.273. The van der Waals surface area contributed by atoms with Crippen molar-refractivity contribution in [3.8, 4) is 0 Å². The second-order valence-corrected chi connectivity index (χ2v) is 2.56. The maximum absolute atomic E-state index is 11.4. The maximum Gasteiger partial charge on any atom is 1.00 e. The Hall–Kier alpha value is 0.860. The van der Waals surface area contributed by atoms with Gasteiger partial charge in [-0.1, -0.05) is 0 Å². The molecule has 0 heterocycles. The third kappa shape index (κ3) is 5.15. The Labute approximate surface area is 85.6 Å². The van der Waals surface area contributed by atoms with Gasteiger partial charge < -0.3 is 9.66 Å². The Kier molecular flexibility index (Phi) is 7.19. The fourth-order valence-corrected chi connectivity index (χ4v) is 0.613. The van der Waals surface area contributed by atoms with E-state index < -0.39 is 29.1 Å².